The van der Waals surface area contributed by atoms with Crippen LogP contribution in [-0.2, 0) is 6.54 Å². The molecule has 0 aliphatic heterocycles. The van der Waals surface area contributed by atoms with Gasteiger partial charge in [-0.05, 0) is 0 Å². The first-order valence-electron chi connectivity index (χ1n) is 6.26. The van der Waals surface area contributed by atoms with Gasteiger partial charge in [0.2, 0.25) is 0 Å². The van der Waals surface area contributed by atoms with Crippen LogP contribution < -0.4 is 5.32 Å². The number of nitrogens with one attached hydrogen (secondary N) is 1. The Kier molecular flexibility index (Phi) is 3.36. The molecule has 3 rings (SSSR count). The Morgan fingerprint density at radius 1 is 1.05 bits per heavy atom. The molecule has 3 aromatic rings. The van der Waals surface area contributed by atoms with Crippen LogP contribution in [0, 0.1) is 13.8 Å². The van der Waals surface area contributed by atoms with Crippen molar-refractivity contribution in [2.75, 3.05) is 5.32 Å². The molecule has 1 heterocycles. The average molecular weight is 316 g/mol. The molecule has 0 unspecified atom stereocenters. The van der Waals surface area contributed by atoms with Gasteiger partial charge in [-0.25, -0.2) is 0 Å². The molecule has 96 valence electrons. The number of nitrogens with zero attached hydrogens (tertiary/aromatic N) is 2. The summed E-state index contributed by atoms with van der Waals surface area (Å²) in [7, 11) is 0. The van der Waals surface area contributed by atoms with Crippen LogP contribution in [0.15, 0.2) is 36.4 Å². The third-order valence-electron chi connectivity index (χ3n) is 3.47. The Morgan fingerprint density at radius 3 is 2.79 bits per heavy atom. The van der Waals surface area contributed by atoms with Gasteiger partial charge >= 0.3 is 118 Å². The van der Waals surface area contributed by atoms with Crippen molar-refractivity contribution in [2.45, 2.75) is 20.4 Å². The van der Waals surface area contributed by atoms with Crippen LogP contribution in [0.2, 0.25) is 0 Å². The summed E-state index contributed by atoms with van der Waals surface area (Å²) < 4.78 is 8.89. The molecule has 0 saturated heterocycles. The van der Waals surface area contributed by atoms with Crippen LogP contribution in [0.4, 0.5) is 5.69 Å². The van der Waals surface area contributed by atoms with Crippen molar-refractivity contribution in [3.05, 3.63) is 53.1 Å². The molecule has 0 atom stereocenters. The zero-order valence-corrected chi connectivity index (χ0v) is 12.7. The van der Waals surface area contributed by atoms with Crippen LogP contribution >= 0.6 is 0 Å². The van der Waals surface area contributed by atoms with E-state index in [4.69, 9.17) is 0 Å². The third-order valence-corrected chi connectivity index (χ3v) is 4.61. The van der Waals surface area contributed by atoms with Crippen molar-refractivity contribution in [1.29, 1.82) is 0 Å². The Labute approximate surface area is 118 Å². The molecule has 0 bridgehead atoms. The minimum atomic E-state index is 0.0272. The van der Waals surface area contributed by atoms with Gasteiger partial charge < -0.3 is 0 Å². The van der Waals surface area contributed by atoms with Crippen molar-refractivity contribution in [1.82, 2.24) is 7.96 Å². The summed E-state index contributed by atoms with van der Waals surface area (Å²) in [6.45, 7) is 5.15. The number of anilines is 1. The molecule has 0 aliphatic carbocycles. The van der Waals surface area contributed by atoms with E-state index in [1.165, 1.54) is 16.7 Å². The average Bonchev–Trinajstić information content (AvgIpc) is 2.89. The molecule has 3 nitrogen and oxygen atoms in total. The van der Waals surface area contributed by atoms with Gasteiger partial charge in [-0.3, -0.25) is 0 Å². The standard InChI is InChI=1S/C15H15N3Se/c1-10-5-3-6-12(11(10)2)9-16-13-7-4-8-14-15(13)18-19-17-14/h3-8,16H,9H2,1-2H3. The fourth-order valence-electron chi connectivity index (χ4n) is 2.14. The molecule has 19 heavy (non-hydrogen) atoms. The van der Waals surface area contributed by atoms with Crippen molar-refractivity contribution in [3.63, 3.8) is 0 Å². The summed E-state index contributed by atoms with van der Waals surface area (Å²) >= 11 is 0.0272. The molecule has 2 aromatic carbocycles. The molecule has 1 N–H and O–H groups in total. The SMILES string of the molecule is Cc1cccc(CNc2cccc3n[se]nc23)c1C. The van der Waals surface area contributed by atoms with Crippen LogP contribution in [0.5, 0.6) is 0 Å². The number of hydrogen-bond acceptors (Lipinski definition) is 3. The first-order chi connectivity index (χ1) is 9.25. The molecule has 0 spiro atoms. The Morgan fingerprint density at radius 2 is 1.89 bits per heavy atom. The van der Waals surface area contributed by atoms with Crippen LogP contribution in [0.3, 0.4) is 0 Å². The maximum atomic E-state index is 4.48. The Balaban J connectivity index is 1.86. The van der Waals surface area contributed by atoms with Crippen molar-refractivity contribution >= 4 is 31.7 Å². The number of aromatic nitrogens is 2. The monoisotopic (exact) mass is 317 g/mol. The molecular weight excluding hydrogens is 301 g/mol. The second kappa shape index (κ2) is 5.16. The van der Waals surface area contributed by atoms with Gasteiger partial charge in [0.25, 0.3) is 0 Å². The first kappa shape index (κ1) is 12.4. The third kappa shape index (κ3) is 2.42. The predicted molar refractivity (Wildman–Crippen MR) is 79.7 cm³/mol. The van der Waals surface area contributed by atoms with Crippen molar-refractivity contribution in [3.8, 4) is 0 Å². The predicted octanol–water partition coefficient (Wildman–Crippen LogP) is 2.92. The summed E-state index contributed by atoms with van der Waals surface area (Å²) in [5.41, 5.74) is 7.15. The van der Waals surface area contributed by atoms with Crippen molar-refractivity contribution in [2.24, 2.45) is 0 Å². The molecular formula is C15H15N3Se. The fourth-order valence-corrected chi connectivity index (χ4v) is 3.30. The van der Waals surface area contributed by atoms with E-state index in [-0.39, 0.29) is 15.0 Å². The molecule has 0 radical (unpaired) electrons. The van der Waals surface area contributed by atoms with E-state index < -0.39 is 0 Å². The number of aryl methyl sites for hydroxylation is 1. The quantitative estimate of drug-likeness (QED) is 0.755. The van der Waals surface area contributed by atoms with Gasteiger partial charge in [0.05, 0.1) is 0 Å². The van der Waals surface area contributed by atoms with Gasteiger partial charge in [-0.1, -0.05) is 0 Å². The first-order valence-corrected chi connectivity index (χ1v) is 7.79. The molecule has 0 amide bonds. The van der Waals surface area contributed by atoms with Crippen LogP contribution in [-0.4, -0.2) is 22.9 Å². The van der Waals surface area contributed by atoms with Crippen LogP contribution in [0.1, 0.15) is 16.7 Å². The van der Waals surface area contributed by atoms with Gasteiger partial charge in [0.15, 0.2) is 0 Å². The zero-order chi connectivity index (χ0) is 13.2. The van der Waals surface area contributed by atoms with E-state index in [0.29, 0.717) is 0 Å². The summed E-state index contributed by atoms with van der Waals surface area (Å²) in [6, 6.07) is 12.6. The van der Waals surface area contributed by atoms with E-state index in [1.54, 1.807) is 0 Å². The summed E-state index contributed by atoms with van der Waals surface area (Å²) in [4.78, 5) is 0. The van der Waals surface area contributed by atoms with Gasteiger partial charge in [-0.15, -0.1) is 0 Å². The normalized spacial score (nSPS) is 10.8. The molecule has 0 saturated carbocycles. The fraction of sp³-hybridized carbons (Fsp3) is 0.200. The number of benzene rings is 2. The number of rotatable bonds is 3. The van der Waals surface area contributed by atoms with E-state index in [0.717, 1.165) is 23.3 Å². The Hall–Kier alpha value is -1.64. The molecule has 4 heteroatoms. The molecule has 1 aromatic heterocycles. The maximum absolute atomic E-state index is 4.48. The summed E-state index contributed by atoms with van der Waals surface area (Å²) in [6.07, 6.45) is 0. The summed E-state index contributed by atoms with van der Waals surface area (Å²) in [5, 5.41) is 3.49. The second-order valence-electron chi connectivity index (χ2n) is 4.65. The van der Waals surface area contributed by atoms with Gasteiger partial charge in [0, 0.05) is 0 Å². The van der Waals surface area contributed by atoms with E-state index in [1.807, 2.05) is 12.1 Å². The van der Waals surface area contributed by atoms with E-state index in [9.17, 15) is 0 Å². The van der Waals surface area contributed by atoms with Crippen LogP contribution in [0.25, 0.3) is 11.0 Å². The number of hydrogen-bond donors (Lipinski definition) is 1. The summed E-state index contributed by atoms with van der Waals surface area (Å²) in [5.74, 6) is 0. The van der Waals surface area contributed by atoms with E-state index in [2.05, 4.69) is 51.4 Å². The second-order valence-corrected chi connectivity index (χ2v) is 5.76. The van der Waals surface area contributed by atoms with Gasteiger partial charge in [0.1, 0.15) is 0 Å². The topological polar surface area (TPSA) is 37.8 Å². The van der Waals surface area contributed by atoms with Crippen molar-refractivity contribution < 1.29 is 0 Å². The number of fused-ring (bicyclic) bond motifs is 1. The van der Waals surface area contributed by atoms with E-state index >= 15 is 0 Å². The Bertz CT molecular complexity index is 718. The molecule has 0 aliphatic rings. The zero-order valence-electron chi connectivity index (χ0n) is 11.0. The minimum absolute atomic E-state index is 0.0272. The molecule has 0 fully saturated rings. The van der Waals surface area contributed by atoms with Gasteiger partial charge in [-0.2, -0.15) is 0 Å².